The molecular weight excluding hydrogens is 464 g/mol. The van der Waals surface area contributed by atoms with Gasteiger partial charge in [-0.25, -0.2) is 8.42 Å². The van der Waals surface area contributed by atoms with E-state index >= 15 is 0 Å². The first kappa shape index (κ1) is 24.1. The number of halogens is 6. The van der Waals surface area contributed by atoms with E-state index in [1.165, 1.54) is 6.92 Å². The van der Waals surface area contributed by atoms with Crippen LogP contribution in [0, 0.1) is 6.92 Å². The molecule has 2 aromatic rings. The maximum Gasteiger partial charge on any atom is 0.450 e. The molecule has 1 heterocycles. The predicted octanol–water partition coefficient (Wildman–Crippen LogP) is 5.14. The highest BCUT2D eigenvalue weighted by Gasteiger charge is 2.41. The van der Waals surface area contributed by atoms with E-state index in [1.54, 1.807) is 0 Å². The summed E-state index contributed by atoms with van der Waals surface area (Å²) in [6, 6.07) is 3.88. The van der Waals surface area contributed by atoms with Crippen LogP contribution in [-0.2, 0) is 22.2 Å². The van der Waals surface area contributed by atoms with Crippen molar-refractivity contribution in [2.24, 2.45) is 0 Å². The fraction of sp³-hybridized carbons (Fsp3) is 0.450. The van der Waals surface area contributed by atoms with Crippen LogP contribution in [0.3, 0.4) is 0 Å². The lowest BCUT2D eigenvalue weighted by molar-refractivity contribution is -0.153. The Kier molecular flexibility index (Phi) is 6.38. The number of amides is 1. The van der Waals surface area contributed by atoms with Gasteiger partial charge in [-0.3, -0.25) is 4.79 Å². The second-order valence-electron chi connectivity index (χ2n) is 7.62. The third-order valence-corrected chi connectivity index (χ3v) is 7.56. The van der Waals surface area contributed by atoms with Crippen LogP contribution in [0.5, 0.6) is 0 Å². The first-order chi connectivity index (χ1) is 14.7. The molecule has 12 heteroatoms. The van der Waals surface area contributed by atoms with Crippen molar-refractivity contribution in [3.63, 3.8) is 0 Å². The third-order valence-electron chi connectivity index (χ3n) is 5.30. The molecule has 0 bridgehead atoms. The maximum absolute atomic E-state index is 13.0. The van der Waals surface area contributed by atoms with Crippen molar-refractivity contribution in [2.45, 2.75) is 61.1 Å². The molecule has 3 rings (SSSR count). The van der Waals surface area contributed by atoms with E-state index < -0.39 is 61.2 Å². The number of aryl methyl sites for hydroxylation is 1. The average Bonchev–Trinajstić information content (AvgIpc) is 3.10. The Morgan fingerprint density at radius 3 is 2.19 bits per heavy atom. The zero-order chi connectivity index (χ0) is 23.9. The van der Waals surface area contributed by atoms with Gasteiger partial charge in [-0.15, -0.1) is 0 Å². The van der Waals surface area contributed by atoms with Crippen LogP contribution < -0.4 is 5.32 Å². The van der Waals surface area contributed by atoms with Gasteiger partial charge in [0.25, 0.3) is 5.91 Å². The highest BCUT2D eigenvalue weighted by Crippen LogP contribution is 2.35. The van der Waals surface area contributed by atoms with Gasteiger partial charge in [0.15, 0.2) is 9.84 Å². The quantitative estimate of drug-likeness (QED) is 0.611. The van der Waals surface area contributed by atoms with Crippen molar-refractivity contribution < 1.29 is 44.0 Å². The van der Waals surface area contributed by atoms with Crippen LogP contribution in [-0.4, -0.2) is 25.6 Å². The zero-order valence-corrected chi connectivity index (χ0v) is 17.5. The highest BCUT2D eigenvalue weighted by molar-refractivity contribution is 7.92. The molecule has 1 amide bonds. The van der Waals surface area contributed by atoms with Crippen LogP contribution in [0.15, 0.2) is 39.6 Å². The van der Waals surface area contributed by atoms with Gasteiger partial charge in [-0.2, -0.15) is 26.3 Å². The Hall–Kier alpha value is -2.50. The minimum atomic E-state index is -4.85. The topological polar surface area (TPSA) is 76.4 Å². The first-order valence-corrected chi connectivity index (χ1v) is 11.1. The third kappa shape index (κ3) is 5.11. The number of alkyl halides is 6. The molecule has 0 aliphatic heterocycles. The number of carbonyl (C=O) groups excluding carboxylic acids is 1. The van der Waals surface area contributed by atoms with Crippen molar-refractivity contribution in [1.82, 2.24) is 5.32 Å². The Morgan fingerprint density at radius 2 is 1.62 bits per heavy atom. The molecule has 1 fully saturated rings. The second kappa shape index (κ2) is 8.45. The summed E-state index contributed by atoms with van der Waals surface area (Å²) in [5.41, 5.74) is -1.73. The van der Waals surface area contributed by atoms with E-state index in [-0.39, 0.29) is 31.4 Å². The number of carbonyl (C=O) groups is 1. The SMILES string of the molecule is Cc1cc(C(=O)NC2CCC(S(=O)(=O)c3cccc(C(F)(F)F)c3)CC2)c(C(F)(F)F)o1. The summed E-state index contributed by atoms with van der Waals surface area (Å²) in [4.78, 5) is 11.9. The van der Waals surface area contributed by atoms with E-state index in [0.717, 1.165) is 24.3 Å². The molecule has 0 saturated heterocycles. The Bertz CT molecular complexity index is 1100. The number of rotatable bonds is 4. The zero-order valence-electron chi connectivity index (χ0n) is 16.7. The first-order valence-electron chi connectivity index (χ1n) is 9.59. The molecule has 1 aliphatic carbocycles. The van der Waals surface area contributed by atoms with Gasteiger partial charge in [0.1, 0.15) is 5.76 Å². The largest absolute Gasteiger partial charge is 0.456 e. The number of hydrogen-bond acceptors (Lipinski definition) is 4. The Morgan fingerprint density at radius 1 is 1.00 bits per heavy atom. The van der Waals surface area contributed by atoms with Crippen molar-refractivity contribution >= 4 is 15.7 Å². The van der Waals surface area contributed by atoms with Gasteiger partial charge in [0.05, 0.1) is 21.3 Å². The van der Waals surface area contributed by atoms with Crippen LogP contribution in [0.25, 0.3) is 0 Å². The molecule has 1 aromatic carbocycles. The standard InChI is InChI=1S/C20H19F6NO4S/c1-11-9-16(17(31-11)20(24,25)26)18(28)27-13-5-7-14(8-6-13)32(29,30)15-4-2-3-12(10-15)19(21,22)23/h2-4,9-10,13-14H,5-8H2,1H3,(H,27,28). The fourth-order valence-corrected chi connectivity index (χ4v) is 5.55. The number of furan rings is 1. The lowest BCUT2D eigenvalue weighted by atomic mass is 9.94. The number of hydrogen-bond donors (Lipinski definition) is 1. The lowest BCUT2D eigenvalue weighted by Gasteiger charge is -2.29. The smallest absolute Gasteiger partial charge is 0.450 e. The molecule has 1 saturated carbocycles. The molecule has 1 aromatic heterocycles. The number of nitrogens with one attached hydrogen (secondary N) is 1. The summed E-state index contributed by atoms with van der Waals surface area (Å²) in [6.45, 7) is 1.27. The number of benzene rings is 1. The predicted molar refractivity (Wildman–Crippen MR) is 101 cm³/mol. The summed E-state index contributed by atoms with van der Waals surface area (Å²) in [6.07, 6.45) is -9.16. The van der Waals surface area contributed by atoms with Crippen LogP contribution in [0.4, 0.5) is 26.3 Å². The molecule has 5 nitrogen and oxygen atoms in total. The molecule has 1 N–H and O–H groups in total. The van der Waals surface area contributed by atoms with Gasteiger partial charge >= 0.3 is 12.4 Å². The van der Waals surface area contributed by atoms with E-state index in [1.807, 2.05) is 0 Å². The Balaban J connectivity index is 1.68. The van der Waals surface area contributed by atoms with E-state index in [9.17, 15) is 39.6 Å². The summed E-state index contributed by atoms with van der Waals surface area (Å²) in [5.74, 6) is -2.48. The van der Waals surface area contributed by atoms with Gasteiger partial charge in [-0.1, -0.05) is 6.07 Å². The Labute approximate surface area is 179 Å². The molecule has 32 heavy (non-hydrogen) atoms. The van der Waals surface area contributed by atoms with E-state index in [2.05, 4.69) is 9.73 Å². The minimum absolute atomic E-state index is 0.0417. The molecule has 0 atom stereocenters. The summed E-state index contributed by atoms with van der Waals surface area (Å²) in [5, 5.41) is 1.50. The van der Waals surface area contributed by atoms with Crippen LogP contribution >= 0.6 is 0 Å². The minimum Gasteiger partial charge on any atom is -0.456 e. The number of sulfone groups is 1. The second-order valence-corrected chi connectivity index (χ2v) is 9.84. The molecular formula is C20H19F6NO4S. The fourth-order valence-electron chi connectivity index (χ4n) is 3.72. The molecule has 1 aliphatic rings. The summed E-state index contributed by atoms with van der Waals surface area (Å²) >= 11 is 0. The molecule has 0 unspecified atom stereocenters. The summed E-state index contributed by atoms with van der Waals surface area (Å²) in [7, 11) is -4.05. The van der Waals surface area contributed by atoms with Gasteiger partial charge in [0, 0.05) is 6.04 Å². The van der Waals surface area contributed by atoms with E-state index in [0.29, 0.717) is 6.07 Å². The van der Waals surface area contributed by atoms with Crippen LogP contribution in [0.1, 0.15) is 53.1 Å². The van der Waals surface area contributed by atoms with Crippen molar-refractivity contribution in [3.05, 3.63) is 53.0 Å². The lowest BCUT2D eigenvalue weighted by Crippen LogP contribution is -2.40. The highest BCUT2D eigenvalue weighted by atomic mass is 32.2. The van der Waals surface area contributed by atoms with Crippen molar-refractivity contribution in [2.75, 3.05) is 0 Å². The van der Waals surface area contributed by atoms with Gasteiger partial charge < -0.3 is 9.73 Å². The monoisotopic (exact) mass is 483 g/mol. The average molecular weight is 483 g/mol. The molecule has 0 spiro atoms. The normalized spacial score (nSPS) is 20.2. The summed E-state index contributed by atoms with van der Waals surface area (Å²) < 4.78 is 108. The molecule has 0 radical (unpaired) electrons. The van der Waals surface area contributed by atoms with Crippen LogP contribution in [0.2, 0.25) is 0 Å². The van der Waals surface area contributed by atoms with E-state index in [4.69, 9.17) is 0 Å². The van der Waals surface area contributed by atoms with Gasteiger partial charge in [-0.05, 0) is 56.9 Å². The van der Waals surface area contributed by atoms with Crippen molar-refractivity contribution in [1.29, 1.82) is 0 Å². The maximum atomic E-state index is 13.0. The van der Waals surface area contributed by atoms with Crippen molar-refractivity contribution in [3.8, 4) is 0 Å². The van der Waals surface area contributed by atoms with Gasteiger partial charge in [0.2, 0.25) is 5.76 Å². The molecule has 176 valence electrons.